The van der Waals surface area contributed by atoms with Gasteiger partial charge in [-0.05, 0) is 48.6 Å². The smallest absolute Gasteiger partial charge is 0.253 e. The molecule has 3 heterocycles. The average molecular weight is 311 g/mol. The molecule has 1 unspecified atom stereocenters. The van der Waals surface area contributed by atoms with Crippen LogP contribution in [-0.2, 0) is 18.0 Å². The Morgan fingerprint density at radius 2 is 2.17 bits per heavy atom. The van der Waals surface area contributed by atoms with Gasteiger partial charge in [0.2, 0.25) is 0 Å². The van der Waals surface area contributed by atoms with E-state index >= 15 is 0 Å². The van der Waals surface area contributed by atoms with Gasteiger partial charge in [0, 0.05) is 24.8 Å². The summed E-state index contributed by atoms with van der Waals surface area (Å²) in [5.41, 5.74) is 4.27. The van der Waals surface area contributed by atoms with E-state index in [0.29, 0.717) is 13.2 Å². The van der Waals surface area contributed by atoms with Crippen LogP contribution in [0, 0.1) is 6.92 Å². The predicted molar refractivity (Wildman–Crippen MR) is 86.1 cm³/mol. The van der Waals surface area contributed by atoms with Crippen LogP contribution in [0.5, 0.6) is 0 Å². The quantitative estimate of drug-likeness (QED) is 0.857. The molecule has 23 heavy (non-hydrogen) atoms. The maximum Gasteiger partial charge on any atom is 0.253 e. The Hall–Kier alpha value is -2.14. The van der Waals surface area contributed by atoms with Gasteiger partial charge in [0.15, 0.2) is 0 Å². The molecule has 1 fully saturated rings. The minimum Gasteiger partial charge on any atom is -0.372 e. The lowest BCUT2D eigenvalue weighted by molar-refractivity contribution is 0.0673. The zero-order chi connectivity index (χ0) is 15.8. The van der Waals surface area contributed by atoms with E-state index in [4.69, 9.17) is 4.74 Å². The number of piperidine rings is 1. The fourth-order valence-electron chi connectivity index (χ4n) is 3.48. The van der Waals surface area contributed by atoms with Crippen LogP contribution in [0.25, 0.3) is 0 Å². The Morgan fingerprint density at radius 1 is 1.30 bits per heavy atom. The number of rotatable bonds is 2. The van der Waals surface area contributed by atoms with Gasteiger partial charge in [-0.25, -0.2) is 0 Å². The number of hydrogen-bond acceptors (Lipinski definition) is 3. The van der Waals surface area contributed by atoms with Crippen LogP contribution in [0.15, 0.2) is 30.6 Å². The standard InChI is InChI=1S/C18H21N3O2/c1-13-8-19-21(9-13)17-3-2-6-20(10-17)18(22)14-4-5-15-11-23-12-16(15)7-14/h4-5,7-9,17H,2-3,6,10-12H2,1H3. The number of ether oxygens (including phenoxy) is 1. The molecule has 0 radical (unpaired) electrons. The number of benzene rings is 1. The van der Waals surface area contributed by atoms with Gasteiger partial charge in [-0.15, -0.1) is 0 Å². The molecule has 4 rings (SSSR count). The highest BCUT2D eigenvalue weighted by Crippen LogP contribution is 2.25. The molecule has 5 nitrogen and oxygen atoms in total. The maximum atomic E-state index is 12.8. The predicted octanol–water partition coefficient (Wildman–Crippen LogP) is 2.70. The molecular formula is C18H21N3O2. The van der Waals surface area contributed by atoms with E-state index in [2.05, 4.69) is 11.3 Å². The Kier molecular flexibility index (Phi) is 3.65. The first-order valence-corrected chi connectivity index (χ1v) is 8.20. The molecule has 5 heteroatoms. The highest BCUT2D eigenvalue weighted by atomic mass is 16.5. The average Bonchev–Trinajstić information content (AvgIpc) is 3.22. The van der Waals surface area contributed by atoms with Gasteiger partial charge in [0.25, 0.3) is 5.91 Å². The molecule has 1 atom stereocenters. The monoisotopic (exact) mass is 311 g/mol. The molecule has 1 aromatic carbocycles. The molecular weight excluding hydrogens is 290 g/mol. The van der Waals surface area contributed by atoms with Crippen LogP contribution in [0.2, 0.25) is 0 Å². The van der Waals surface area contributed by atoms with E-state index in [1.54, 1.807) is 0 Å². The molecule has 120 valence electrons. The number of aryl methyl sites for hydroxylation is 1. The van der Waals surface area contributed by atoms with Crippen molar-refractivity contribution in [1.29, 1.82) is 0 Å². The topological polar surface area (TPSA) is 47.4 Å². The van der Waals surface area contributed by atoms with Gasteiger partial charge >= 0.3 is 0 Å². The molecule has 2 aromatic rings. The summed E-state index contributed by atoms with van der Waals surface area (Å²) in [5, 5.41) is 4.42. The molecule has 2 aliphatic rings. The lowest BCUT2D eigenvalue weighted by Crippen LogP contribution is -2.40. The summed E-state index contributed by atoms with van der Waals surface area (Å²) in [6.07, 6.45) is 6.03. The largest absolute Gasteiger partial charge is 0.372 e. The normalized spacial score (nSPS) is 20.6. The van der Waals surface area contributed by atoms with Crippen LogP contribution in [0.1, 0.15) is 45.9 Å². The fraction of sp³-hybridized carbons (Fsp3) is 0.444. The van der Waals surface area contributed by atoms with Gasteiger partial charge in [-0.2, -0.15) is 5.10 Å². The highest BCUT2D eigenvalue weighted by molar-refractivity contribution is 5.94. The van der Waals surface area contributed by atoms with Crippen LogP contribution in [-0.4, -0.2) is 33.7 Å². The highest BCUT2D eigenvalue weighted by Gasteiger charge is 2.26. The lowest BCUT2D eigenvalue weighted by Gasteiger charge is -2.33. The van der Waals surface area contributed by atoms with Crippen LogP contribution in [0.3, 0.4) is 0 Å². The summed E-state index contributed by atoms with van der Waals surface area (Å²) < 4.78 is 7.44. The van der Waals surface area contributed by atoms with E-state index in [0.717, 1.165) is 42.6 Å². The molecule has 0 saturated carbocycles. The molecule has 1 amide bonds. The number of hydrogen-bond donors (Lipinski definition) is 0. The van der Waals surface area contributed by atoms with Crippen molar-refractivity contribution in [3.05, 3.63) is 52.8 Å². The van der Waals surface area contributed by atoms with E-state index < -0.39 is 0 Å². The maximum absolute atomic E-state index is 12.8. The molecule has 2 aliphatic heterocycles. The van der Waals surface area contributed by atoms with Crippen molar-refractivity contribution in [1.82, 2.24) is 14.7 Å². The van der Waals surface area contributed by atoms with Gasteiger partial charge in [-0.3, -0.25) is 9.48 Å². The van der Waals surface area contributed by atoms with Crippen LogP contribution in [0.4, 0.5) is 0 Å². The first-order chi connectivity index (χ1) is 11.2. The molecule has 0 N–H and O–H groups in total. The minimum absolute atomic E-state index is 0.119. The Bertz CT molecular complexity index is 738. The zero-order valence-electron chi connectivity index (χ0n) is 13.4. The molecule has 0 aliphatic carbocycles. The lowest BCUT2D eigenvalue weighted by atomic mass is 10.0. The Morgan fingerprint density at radius 3 is 3.00 bits per heavy atom. The van der Waals surface area contributed by atoms with Crippen molar-refractivity contribution in [2.24, 2.45) is 0 Å². The first kappa shape index (κ1) is 14.5. The van der Waals surface area contributed by atoms with Crippen molar-refractivity contribution in [3.8, 4) is 0 Å². The van der Waals surface area contributed by atoms with Gasteiger partial charge in [-0.1, -0.05) is 6.07 Å². The van der Waals surface area contributed by atoms with Gasteiger partial charge in [0.1, 0.15) is 0 Å². The second-order valence-corrected chi connectivity index (χ2v) is 6.52. The van der Waals surface area contributed by atoms with E-state index in [9.17, 15) is 4.79 Å². The third-order valence-corrected chi connectivity index (χ3v) is 4.76. The number of likely N-dealkylation sites (tertiary alicyclic amines) is 1. The van der Waals surface area contributed by atoms with E-state index in [-0.39, 0.29) is 11.9 Å². The minimum atomic E-state index is 0.119. The Labute approximate surface area is 135 Å². The van der Waals surface area contributed by atoms with Crippen molar-refractivity contribution in [2.75, 3.05) is 13.1 Å². The molecule has 0 bridgehead atoms. The van der Waals surface area contributed by atoms with Gasteiger partial charge < -0.3 is 9.64 Å². The van der Waals surface area contributed by atoms with Crippen molar-refractivity contribution >= 4 is 5.91 Å². The zero-order valence-corrected chi connectivity index (χ0v) is 13.4. The van der Waals surface area contributed by atoms with E-state index in [1.807, 2.05) is 40.9 Å². The fourth-order valence-corrected chi connectivity index (χ4v) is 3.48. The SMILES string of the molecule is Cc1cnn(C2CCCN(C(=O)c3ccc4c(c3)COC4)C2)c1. The number of fused-ring (bicyclic) bond motifs is 1. The molecule has 1 saturated heterocycles. The van der Waals surface area contributed by atoms with Crippen molar-refractivity contribution < 1.29 is 9.53 Å². The second kappa shape index (κ2) is 5.81. The summed E-state index contributed by atoms with van der Waals surface area (Å²) in [5.74, 6) is 0.119. The second-order valence-electron chi connectivity index (χ2n) is 6.52. The first-order valence-electron chi connectivity index (χ1n) is 8.20. The number of carbonyl (C=O) groups is 1. The van der Waals surface area contributed by atoms with Crippen LogP contribution < -0.4 is 0 Å². The molecule has 1 aromatic heterocycles. The summed E-state index contributed by atoms with van der Waals surface area (Å²) >= 11 is 0. The number of aromatic nitrogens is 2. The number of nitrogens with zero attached hydrogens (tertiary/aromatic N) is 3. The van der Waals surface area contributed by atoms with Gasteiger partial charge in [0.05, 0.1) is 25.5 Å². The number of amides is 1. The van der Waals surface area contributed by atoms with Crippen molar-refractivity contribution in [2.45, 2.75) is 39.0 Å². The summed E-state index contributed by atoms with van der Waals surface area (Å²) in [6, 6.07) is 6.22. The summed E-state index contributed by atoms with van der Waals surface area (Å²) in [7, 11) is 0. The van der Waals surface area contributed by atoms with Crippen LogP contribution >= 0.6 is 0 Å². The van der Waals surface area contributed by atoms with E-state index in [1.165, 1.54) is 5.56 Å². The Balaban J connectivity index is 1.51. The summed E-state index contributed by atoms with van der Waals surface area (Å²) in [6.45, 7) is 4.87. The third-order valence-electron chi connectivity index (χ3n) is 4.76. The van der Waals surface area contributed by atoms with Crippen molar-refractivity contribution in [3.63, 3.8) is 0 Å². The number of carbonyl (C=O) groups excluding carboxylic acids is 1. The molecule has 0 spiro atoms. The third kappa shape index (κ3) is 2.77. The summed E-state index contributed by atoms with van der Waals surface area (Å²) in [4.78, 5) is 14.8.